The molecule has 1 aliphatic heterocycles. The van der Waals surface area contributed by atoms with Gasteiger partial charge in [0.05, 0.1) is 4.47 Å². The Kier molecular flexibility index (Phi) is 2.99. The van der Waals surface area contributed by atoms with Crippen molar-refractivity contribution in [3.05, 3.63) is 45.8 Å². The first-order valence-corrected chi connectivity index (χ1v) is 6.88. The lowest BCUT2D eigenvalue weighted by Gasteiger charge is -2.24. The molecule has 0 spiro atoms. The summed E-state index contributed by atoms with van der Waals surface area (Å²) in [6, 6.07) is 8.74. The number of benzene rings is 1. The topological polar surface area (TPSA) is 29.0 Å². The minimum absolute atomic E-state index is 0.365. The lowest BCUT2D eigenvalue weighted by atomic mass is 10.1. The van der Waals surface area contributed by atoms with Gasteiger partial charge in [-0.05, 0) is 40.9 Å². The third kappa shape index (κ3) is 1.80. The Morgan fingerprint density at radius 3 is 2.94 bits per heavy atom. The number of fused-ring (bicyclic) bond motifs is 1. The number of hydrogen-bond acceptors (Lipinski definition) is 3. The van der Waals surface area contributed by atoms with Crippen LogP contribution in [0.2, 0.25) is 5.15 Å². The second kappa shape index (κ2) is 4.52. The SMILES string of the molecule is CC1Cc2ccccc2N1c1ncnc(Cl)c1Br. The third-order valence-corrected chi connectivity index (χ3v) is 4.41. The standard InChI is InChI=1S/C13H11BrClN3/c1-8-6-9-4-2-3-5-10(9)18(8)13-11(14)12(15)16-7-17-13/h2-5,7-8H,6H2,1H3. The van der Waals surface area contributed by atoms with Crippen molar-refractivity contribution in [3.8, 4) is 0 Å². The van der Waals surface area contributed by atoms with Crippen LogP contribution in [0.25, 0.3) is 0 Å². The van der Waals surface area contributed by atoms with E-state index in [1.54, 1.807) is 0 Å². The molecule has 1 aliphatic rings. The second-order valence-corrected chi connectivity index (χ2v) is 5.50. The Hall–Kier alpha value is -1.13. The molecule has 3 rings (SSSR count). The van der Waals surface area contributed by atoms with E-state index >= 15 is 0 Å². The molecule has 5 heteroatoms. The first-order chi connectivity index (χ1) is 8.68. The van der Waals surface area contributed by atoms with Crippen LogP contribution in [-0.4, -0.2) is 16.0 Å². The molecular formula is C13H11BrClN3. The van der Waals surface area contributed by atoms with E-state index in [9.17, 15) is 0 Å². The smallest absolute Gasteiger partial charge is 0.152 e. The van der Waals surface area contributed by atoms with Gasteiger partial charge in [-0.1, -0.05) is 29.8 Å². The summed E-state index contributed by atoms with van der Waals surface area (Å²) in [4.78, 5) is 10.5. The summed E-state index contributed by atoms with van der Waals surface area (Å²) in [5.41, 5.74) is 2.53. The maximum absolute atomic E-state index is 6.04. The molecule has 0 bridgehead atoms. The maximum atomic E-state index is 6.04. The molecule has 3 nitrogen and oxygen atoms in total. The molecule has 1 aromatic carbocycles. The highest BCUT2D eigenvalue weighted by molar-refractivity contribution is 9.10. The maximum Gasteiger partial charge on any atom is 0.152 e. The Labute approximate surface area is 119 Å². The largest absolute Gasteiger partial charge is 0.322 e. The minimum Gasteiger partial charge on any atom is -0.322 e. The van der Waals surface area contributed by atoms with Crippen molar-refractivity contribution in [3.63, 3.8) is 0 Å². The van der Waals surface area contributed by atoms with Crippen LogP contribution < -0.4 is 4.90 Å². The van der Waals surface area contributed by atoms with Gasteiger partial charge >= 0.3 is 0 Å². The Balaban J connectivity index is 2.15. The molecule has 0 saturated heterocycles. The predicted octanol–water partition coefficient (Wildman–Crippen LogP) is 3.98. The highest BCUT2D eigenvalue weighted by atomic mass is 79.9. The van der Waals surface area contributed by atoms with Gasteiger partial charge in [0, 0.05) is 11.7 Å². The average molecular weight is 325 g/mol. The van der Waals surface area contributed by atoms with Crippen LogP contribution in [0.15, 0.2) is 35.1 Å². The summed E-state index contributed by atoms with van der Waals surface area (Å²) in [6.45, 7) is 2.18. The molecule has 2 heterocycles. The molecule has 0 amide bonds. The van der Waals surface area contributed by atoms with Gasteiger partial charge in [0.15, 0.2) is 5.82 Å². The van der Waals surface area contributed by atoms with Gasteiger partial charge in [-0.25, -0.2) is 9.97 Å². The molecule has 0 radical (unpaired) electrons. The van der Waals surface area contributed by atoms with Gasteiger partial charge < -0.3 is 4.90 Å². The summed E-state index contributed by atoms with van der Waals surface area (Å²) >= 11 is 9.51. The van der Waals surface area contributed by atoms with Crippen LogP contribution in [0.3, 0.4) is 0 Å². The van der Waals surface area contributed by atoms with Crippen molar-refractivity contribution < 1.29 is 0 Å². The lowest BCUT2D eigenvalue weighted by Crippen LogP contribution is -2.25. The summed E-state index contributed by atoms with van der Waals surface area (Å²) in [7, 11) is 0. The zero-order valence-corrected chi connectivity index (χ0v) is 12.1. The molecular weight excluding hydrogens is 314 g/mol. The normalized spacial score (nSPS) is 17.9. The van der Waals surface area contributed by atoms with E-state index in [1.165, 1.54) is 17.6 Å². The van der Waals surface area contributed by atoms with E-state index in [2.05, 4.69) is 55.9 Å². The molecule has 2 aromatic rings. The molecule has 18 heavy (non-hydrogen) atoms. The zero-order chi connectivity index (χ0) is 12.7. The van der Waals surface area contributed by atoms with E-state index in [4.69, 9.17) is 11.6 Å². The summed E-state index contributed by atoms with van der Waals surface area (Å²) in [5.74, 6) is 0.826. The van der Waals surface area contributed by atoms with Crippen LogP contribution >= 0.6 is 27.5 Å². The molecule has 0 aliphatic carbocycles. The van der Waals surface area contributed by atoms with Crippen molar-refractivity contribution in [1.29, 1.82) is 0 Å². The van der Waals surface area contributed by atoms with E-state index in [1.807, 2.05) is 6.07 Å². The van der Waals surface area contributed by atoms with Gasteiger partial charge in [-0.15, -0.1) is 0 Å². The van der Waals surface area contributed by atoms with Crippen LogP contribution in [0, 0.1) is 0 Å². The third-order valence-electron chi connectivity index (χ3n) is 3.16. The fraction of sp³-hybridized carbons (Fsp3) is 0.231. The lowest BCUT2D eigenvalue weighted by molar-refractivity contribution is 0.747. The zero-order valence-electron chi connectivity index (χ0n) is 9.77. The van der Waals surface area contributed by atoms with Crippen molar-refractivity contribution >= 4 is 39.0 Å². The van der Waals surface area contributed by atoms with Crippen LogP contribution in [0.1, 0.15) is 12.5 Å². The number of hydrogen-bond donors (Lipinski definition) is 0. The Bertz CT molecular complexity index is 603. The second-order valence-electron chi connectivity index (χ2n) is 4.35. The van der Waals surface area contributed by atoms with Gasteiger partial charge in [0.2, 0.25) is 0 Å². The Morgan fingerprint density at radius 2 is 2.11 bits per heavy atom. The fourth-order valence-corrected chi connectivity index (χ4v) is 2.92. The highest BCUT2D eigenvalue weighted by Crippen LogP contribution is 2.41. The van der Waals surface area contributed by atoms with Crippen LogP contribution in [0.4, 0.5) is 11.5 Å². The van der Waals surface area contributed by atoms with E-state index in [-0.39, 0.29) is 0 Å². The molecule has 0 saturated carbocycles. The minimum atomic E-state index is 0.365. The molecule has 1 unspecified atom stereocenters. The number of aromatic nitrogens is 2. The van der Waals surface area contributed by atoms with Gasteiger partial charge in [-0.3, -0.25) is 0 Å². The first-order valence-electron chi connectivity index (χ1n) is 5.71. The summed E-state index contributed by atoms with van der Waals surface area (Å²) in [5, 5.41) is 0.441. The van der Waals surface area contributed by atoms with Crippen molar-refractivity contribution in [1.82, 2.24) is 9.97 Å². The first kappa shape index (κ1) is 11.9. The van der Waals surface area contributed by atoms with Crippen molar-refractivity contribution in [2.75, 3.05) is 4.90 Å². The molecule has 92 valence electrons. The van der Waals surface area contributed by atoms with Crippen LogP contribution in [0.5, 0.6) is 0 Å². The van der Waals surface area contributed by atoms with Crippen molar-refractivity contribution in [2.45, 2.75) is 19.4 Å². The van der Waals surface area contributed by atoms with Crippen LogP contribution in [-0.2, 0) is 6.42 Å². The summed E-state index contributed by atoms with van der Waals surface area (Å²) in [6.07, 6.45) is 2.51. The number of anilines is 2. The van der Waals surface area contributed by atoms with E-state index < -0.39 is 0 Å². The molecule has 0 N–H and O–H groups in total. The highest BCUT2D eigenvalue weighted by Gasteiger charge is 2.29. The predicted molar refractivity (Wildman–Crippen MR) is 76.5 cm³/mol. The van der Waals surface area contributed by atoms with Crippen molar-refractivity contribution in [2.24, 2.45) is 0 Å². The fourth-order valence-electron chi connectivity index (χ4n) is 2.40. The molecule has 1 aromatic heterocycles. The number of rotatable bonds is 1. The molecule has 1 atom stereocenters. The monoisotopic (exact) mass is 323 g/mol. The quantitative estimate of drug-likeness (QED) is 0.743. The Morgan fingerprint density at radius 1 is 1.33 bits per heavy atom. The van der Waals surface area contributed by atoms with Gasteiger partial charge in [0.25, 0.3) is 0 Å². The van der Waals surface area contributed by atoms with E-state index in [0.717, 1.165) is 16.7 Å². The average Bonchev–Trinajstić information content (AvgIpc) is 2.69. The number of nitrogens with zero attached hydrogens (tertiary/aromatic N) is 3. The molecule has 0 fully saturated rings. The number of halogens is 2. The van der Waals surface area contributed by atoms with E-state index in [0.29, 0.717) is 11.2 Å². The van der Waals surface area contributed by atoms with Gasteiger partial charge in [0.1, 0.15) is 11.5 Å². The number of para-hydroxylation sites is 1. The van der Waals surface area contributed by atoms with Gasteiger partial charge in [-0.2, -0.15) is 0 Å². The summed E-state index contributed by atoms with van der Waals surface area (Å²) < 4.78 is 0.746.